The Hall–Kier alpha value is -2.71. The first-order chi connectivity index (χ1) is 14.2. The minimum atomic E-state index is -1.29. The second-order valence-electron chi connectivity index (χ2n) is 7.50. The Bertz CT molecular complexity index is 1040. The average molecular weight is 451 g/mol. The Morgan fingerprint density at radius 2 is 1.87 bits per heavy atom. The van der Waals surface area contributed by atoms with Crippen LogP contribution in [0.1, 0.15) is 18.4 Å². The van der Waals surface area contributed by atoms with E-state index in [4.69, 9.17) is 28.9 Å². The highest BCUT2D eigenvalue weighted by Gasteiger charge is 2.61. The molecule has 1 aliphatic carbocycles. The Kier molecular flexibility index (Phi) is 5.15. The van der Waals surface area contributed by atoms with Crippen LogP contribution in [0.15, 0.2) is 36.5 Å². The van der Waals surface area contributed by atoms with Gasteiger partial charge in [0.1, 0.15) is 12.1 Å². The third-order valence-corrected chi connectivity index (χ3v) is 6.08. The first-order valence-corrected chi connectivity index (χ1v) is 9.94. The zero-order valence-corrected chi connectivity index (χ0v) is 17.2. The van der Waals surface area contributed by atoms with Crippen LogP contribution >= 0.6 is 23.2 Å². The molecule has 3 amide bonds. The number of rotatable bonds is 4. The van der Waals surface area contributed by atoms with E-state index in [0.29, 0.717) is 5.02 Å². The number of nitrogens with two attached hydrogens (primary N) is 1. The summed E-state index contributed by atoms with van der Waals surface area (Å²) in [6.45, 7) is -0.224. The number of aromatic nitrogens is 1. The molecule has 2 N–H and O–H groups in total. The van der Waals surface area contributed by atoms with Crippen molar-refractivity contribution in [3.05, 3.63) is 58.0 Å². The summed E-state index contributed by atoms with van der Waals surface area (Å²) in [5.74, 6) is -3.05. The molecule has 7 nitrogen and oxygen atoms in total. The minimum Gasteiger partial charge on any atom is -0.369 e. The molecule has 2 aromatic rings. The summed E-state index contributed by atoms with van der Waals surface area (Å²) >= 11 is 11.7. The zero-order valence-electron chi connectivity index (χ0n) is 15.6. The van der Waals surface area contributed by atoms with E-state index < -0.39 is 29.1 Å². The van der Waals surface area contributed by atoms with E-state index in [1.54, 1.807) is 24.3 Å². The molecule has 156 valence electrons. The SMILES string of the molecule is NC(=O)C1CC2(C1)C(=O)N(c1ncc(Cl)cc1F)CC(=O)N2Cc1ccc(Cl)cc1. The van der Waals surface area contributed by atoms with Gasteiger partial charge in [0.15, 0.2) is 11.6 Å². The fourth-order valence-electron chi connectivity index (χ4n) is 4.04. The molecule has 1 spiro atoms. The van der Waals surface area contributed by atoms with Crippen LogP contribution in [0.3, 0.4) is 0 Å². The van der Waals surface area contributed by atoms with Crippen molar-refractivity contribution in [1.29, 1.82) is 0 Å². The number of amides is 3. The van der Waals surface area contributed by atoms with Crippen LogP contribution in [0.2, 0.25) is 10.0 Å². The maximum absolute atomic E-state index is 14.4. The first-order valence-electron chi connectivity index (χ1n) is 9.18. The molecule has 2 aliphatic rings. The summed E-state index contributed by atoms with van der Waals surface area (Å²) in [7, 11) is 0. The van der Waals surface area contributed by atoms with Crippen molar-refractivity contribution in [2.45, 2.75) is 24.9 Å². The lowest BCUT2D eigenvalue weighted by Gasteiger charge is -2.56. The van der Waals surface area contributed by atoms with Gasteiger partial charge in [-0.25, -0.2) is 9.37 Å². The fourth-order valence-corrected chi connectivity index (χ4v) is 4.31. The van der Waals surface area contributed by atoms with Crippen LogP contribution < -0.4 is 10.6 Å². The Balaban J connectivity index is 1.70. The zero-order chi connectivity index (χ0) is 21.6. The molecule has 1 saturated heterocycles. The van der Waals surface area contributed by atoms with Crippen molar-refractivity contribution in [2.24, 2.45) is 11.7 Å². The van der Waals surface area contributed by atoms with Crippen molar-refractivity contribution >= 4 is 46.7 Å². The summed E-state index contributed by atoms with van der Waals surface area (Å²) in [4.78, 5) is 44.5. The van der Waals surface area contributed by atoms with Gasteiger partial charge in [0.05, 0.1) is 5.02 Å². The fraction of sp³-hybridized carbons (Fsp3) is 0.300. The number of piperazine rings is 1. The lowest BCUT2D eigenvalue weighted by atomic mass is 9.65. The molecule has 0 atom stereocenters. The van der Waals surface area contributed by atoms with Crippen molar-refractivity contribution in [1.82, 2.24) is 9.88 Å². The van der Waals surface area contributed by atoms with Crippen molar-refractivity contribution < 1.29 is 18.8 Å². The van der Waals surface area contributed by atoms with Crippen molar-refractivity contribution in [3.63, 3.8) is 0 Å². The van der Waals surface area contributed by atoms with E-state index in [1.165, 1.54) is 11.1 Å². The highest BCUT2D eigenvalue weighted by atomic mass is 35.5. The molecular formula is C20H17Cl2FN4O3. The van der Waals surface area contributed by atoms with E-state index in [9.17, 15) is 18.8 Å². The summed E-state index contributed by atoms with van der Waals surface area (Å²) in [5.41, 5.74) is 4.88. The van der Waals surface area contributed by atoms with Crippen LogP contribution in [0.4, 0.5) is 10.2 Å². The van der Waals surface area contributed by atoms with Gasteiger partial charge in [-0.1, -0.05) is 35.3 Å². The maximum Gasteiger partial charge on any atom is 0.254 e. The van der Waals surface area contributed by atoms with E-state index in [2.05, 4.69) is 4.98 Å². The monoisotopic (exact) mass is 450 g/mol. The van der Waals surface area contributed by atoms with E-state index in [-0.39, 0.29) is 42.7 Å². The second-order valence-corrected chi connectivity index (χ2v) is 8.37. The van der Waals surface area contributed by atoms with E-state index in [1.807, 2.05) is 0 Å². The van der Waals surface area contributed by atoms with Gasteiger partial charge in [-0.2, -0.15) is 0 Å². The quantitative estimate of drug-likeness (QED) is 0.773. The molecule has 1 aliphatic heterocycles. The number of nitrogens with zero attached hydrogens (tertiary/aromatic N) is 3. The predicted molar refractivity (Wildman–Crippen MR) is 108 cm³/mol. The van der Waals surface area contributed by atoms with Crippen LogP contribution in [0, 0.1) is 11.7 Å². The number of hydrogen-bond acceptors (Lipinski definition) is 4. The van der Waals surface area contributed by atoms with Gasteiger partial charge in [-0.3, -0.25) is 19.3 Å². The number of carbonyl (C=O) groups excluding carboxylic acids is 3. The third-order valence-electron chi connectivity index (χ3n) is 5.62. The summed E-state index contributed by atoms with van der Waals surface area (Å²) in [5, 5.41) is 0.617. The van der Waals surface area contributed by atoms with Gasteiger partial charge in [-0.05, 0) is 36.6 Å². The maximum atomic E-state index is 14.4. The summed E-state index contributed by atoms with van der Waals surface area (Å²) < 4.78 is 14.4. The number of primary amides is 1. The molecule has 4 rings (SSSR count). The molecule has 1 saturated carbocycles. The lowest BCUT2D eigenvalue weighted by molar-refractivity contribution is -0.164. The molecule has 1 aromatic heterocycles. The number of anilines is 1. The van der Waals surface area contributed by atoms with Crippen LogP contribution in [0.5, 0.6) is 0 Å². The number of benzene rings is 1. The molecule has 10 heteroatoms. The number of carbonyl (C=O) groups is 3. The standard InChI is InChI=1S/C20H17Cl2FN4O3/c21-13-3-1-11(2-4-13)9-27-16(28)10-26(18-15(23)5-14(22)8-25-18)19(30)20(27)6-12(7-20)17(24)29/h1-5,8,12H,6-7,9-10H2,(H2,24,29). The van der Waals surface area contributed by atoms with Crippen LogP contribution in [-0.2, 0) is 20.9 Å². The molecule has 1 aromatic carbocycles. The molecule has 0 unspecified atom stereocenters. The predicted octanol–water partition coefficient (Wildman–Crippen LogP) is 2.54. The molecule has 2 heterocycles. The Morgan fingerprint density at radius 1 is 1.20 bits per heavy atom. The second kappa shape index (κ2) is 7.52. The van der Waals surface area contributed by atoms with E-state index >= 15 is 0 Å². The molecular weight excluding hydrogens is 434 g/mol. The van der Waals surface area contributed by atoms with Gasteiger partial charge >= 0.3 is 0 Å². The van der Waals surface area contributed by atoms with Gasteiger partial charge < -0.3 is 10.6 Å². The topological polar surface area (TPSA) is 96.6 Å². The number of pyridine rings is 1. The highest BCUT2D eigenvalue weighted by Crippen LogP contribution is 2.47. The van der Waals surface area contributed by atoms with Crippen LogP contribution in [0.25, 0.3) is 0 Å². The van der Waals surface area contributed by atoms with Gasteiger partial charge in [0, 0.05) is 23.7 Å². The molecule has 0 bridgehead atoms. The van der Waals surface area contributed by atoms with Gasteiger partial charge in [0.25, 0.3) is 5.91 Å². The first kappa shape index (κ1) is 20.6. The lowest BCUT2D eigenvalue weighted by Crippen LogP contribution is -2.73. The summed E-state index contributed by atoms with van der Waals surface area (Å²) in [6.07, 6.45) is 1.36. The average Bonchev–Trinajstić information content (AvgIpc) is 2.65. The molecule has 30 heavy (non-hydrogen) atoms. The van der Waals surface area contributed by atoms with Crippen LogP contribution in [-0.4, -0.2) is 39.7 Å². The van der Waals surface area contributed by atoms with Crippen molar-refractivity contribution in [2.75, 3.05) is 11.4 Å². The largest absolute Gasteiger partial charge is 0.369 e. The third kappa shape index (κ3) is 3.40. The number of hydrogen-bond donors (Lipinski definition) is 1. The summed E-state index contributed by atoms with van der Waals surface area (Å²) in [6, 6.07) is 7.91. The van der Waals surface area contributed by atoms with Crippen molar-refractivity contribution in [3.8, 4) is 0 Å². The smallest absolute Gasteiger partial charge is 0.254 e. The van der Waals surface area contributed by atoms with E-state index in [0.717, 1.165) is 16.5 Å². The normalized spacial score (nSPS) is 23.6. The molecule has 0 radical (unpaired) electrons. The Morgan fingerprint density at radius 3 is 2.47 bits per heavy atom. The van der Waals surface area contributed by atoms with Gasteiger partial charge in [0.2, 0.25) is 11.8 Å². The minimum absolute atomic E-state index is 0.0727. The Labute approximate surface area is 181 Å². The number of halogens is 3. The molecule has 2 fully saturated rings. The van der Waals surface area contributed by atoms with Gasteiger partial charge in [-0.15, -0.1) is 0 Å². The highest BCUT2D eigenvalue weighted by molar-refractivity contribution is 6.30.